The third-order valence-electron chi connectivity index (χ3n) is 3.13. The van der Waals surface area contributed by atoms with Gasteiger partial charge < -0.3 is 10.1 Å². The van der Waals surface area contributed by atoms with Gasteiger partial charge in [0.1, 0.15) is 10.8 Å². The molecular weight excluding hydrogens is 328 g/mol. The molecule has 0 saturated carbocycles. The lowest BCUT2D eigenvalue weighted by Gasteiger charge is -2.03. The smallest absolute Gasteiger partial charge is 0.271 e. The summed E-state index contributed by atoms with van der Waals surface area (Å²) in [5, 5.41) is 23.4. The van der Waals surface area contributed by atoms with Crippen molar-refractivity contribution in [2.24, 2.45) is 0 Å². The Morgan fingerprint density at radius 3 is 2.83 bits per heavy atom. The van der Waals surface area contributed by atoms with E-state index in [9.17, 15) is 10.1 Å². The molecule has 0 radical (unpaired) electrons. The number of hydrogen-bond acceptors (Lipinski definition) is 7. The van der Waals surface area contributed by atoms with Crippen LogP contribution in [0.25, 0.3) is 10.6 Å². The summed E-state index contributed by atoms with van der Waals surface area (Å²) in [6.45, 7) is 2.53. The maximum absolute atomic E-state index is 10.8. The molecule has 8 heteroatoms. The molecule has 0 fully saturated rings. The van der Waals surface area contributed by atoms with Gasteiger partial charge in [-0.05, 0) is 25.1 Å². The second kappa shape index (κ2) is 7.05. The third-order valence-corrected chi connectivity index (χ3v) is 4.01. The lowest BCUT2D eigenvalue weighted by molar-refractivity contribution is -0.384. The predicted octanol–water partition coefficient (Wildman–Crippen LogP) is 4.26. The van der Waals surface area contributed by atoms with Crippen LogP contribution in [0.2, 0.25) is 0 Å². The summed E-state index contributed by atoms with van der Waals surface area (Å²) >= 11 is 1.36. The molecule has 0 bridgehead atoms. The van der Waals surface area contributed by atoms with E-state index in [1.54, 1.807) is 12.1 Å². The molecule has 1 aromatic heterocycles. The first-order chi connectivity index (χ1) is 11.7. The van der Waals surface area contributed by atoms with Gasteiger partial charge in [-0.3, -0.25) is 10.1 Å². The standard InChI is InChI=1S/C16H14N4O3S/c1-2-23-14-8-3-5-11(9-14)15-18-19-16(24-15)17-12-6-4-7-13(10-12)20(21)22/h3-10H,2H2,1H3,(H,17,19). The van der Waals surface area contributed by atoms with E-state index in [-0.39, 0.29) is 5.69 Å². The maximum atomic E-state index is 10.8. The maximum Gasteiger partial charge on any atom is 0.271 e. The Bertz CT molecular complexity index is 866. The number of nitro benzene ring substituents is 1. The highest BCUT2D eigenvalue weighted by molar-refractivity contribution is 7.18. The van der Waals surface area contributed by atoms with Gasteiger partial charge in [-0.25, -0.2) is 0 Å². The van der Waals surface area contributed by atoms with Crippen LogP contribution >= 0.6 is 11.3 Å². The van der Waals surface area contributed by atoms with Crippen LogP contribution in [-0.4, -0.2) is 21.7 Å². The van der Waals surface area contributed by atoms with E-state index >= 15 is 0 Å². The van der Waals surface area contributed by atoms with Gasteiger partial charge in [0, 0.05) is 23.4 Å². The van der Waals surface area contributed by atoms with Crippen LogP contribution in [-0.2, 0) is 0 Å². The molecule has 1 heterocycles. The number of non-ortho nitro benzene ring substituents is 1. The van der Waals surface area contributed by atoms with Crippen molar-refractivity contribution in [3.8, 4) is 16.3 Å². The number of aromatic nitrogens is 2. The van der Waals surface area contributed by atoms with Crippen molar-refractivity contribution in [3.05, 3.63) is 58.6 Å². The zero-order chi connectivity index (χ0) is 16.9. The minimum Gasteiger partial charge on any atom is -0.494 e. The van der Waals surface area contributed by atoms with Crippen LogP contribution in [0.1, 0.15) is 6.92 Å². The van der Waals surface area contributed by atoms with Gasteiger partial charge in [0.2, 0.25) is 5.13 Å². The van der Waals surface area contributed by atoms with Gasteiger partial charge in [0.25, 0.3) is 5.69 Å². The normalized spacial score (nSPS) is 10.4. The second-order valence-corrected chi connectivity index (χ2v) is 5.78. The first-order valence-electron chi connectivity index (χ1n) is 7.24. The number of rotatable bonds is 6. The topological polar surface area (TPSA) is 90.2 Å². The molecule has 0 spiro atoms. The third kappa shape index (κ3) is 3.66. The summed E-state index contributed by atoms with van der Waals surface area (Å²) in [7, 11) is 0. The molecule has 24 heavy (non-hydrogen) atoms. The Balaban J connectivity index is 1.79. The average molecular weight is 342 g/mol. The van der Waals surface area contributed by atoms with Crippen molar-refractivity contribution >= 4 is 27.8 Å². The molecular formula is C16H14N4O3S. The molecule has 0 aliphatic rings. The highest BCUT2D eigenvalue weighted by Gasteiger charge is 2.10. The molecule has 2 aromatic carbocycles. The fourth-order valence-electron chi connectivity index (χ4n) is 2.10. The molecule has 0 aliphatic heterocycles. The number of nitrogens with one attached hydrogen (secondary N) is 1. The Kier molecular flexibility index (Phi) is 4.66. The van der Waals surface area contributed by atoms with E-state index in [0.717, 1.165) is 16.3 Å². The number of benzene rings is 2. The molecule has 3 aromatic rings. The summed E-state index contributed by atoms with van der Waals surface area (Å²) < 4.78 is 5.48. The van der Waals surface area contributed by atoms with Gasteiger partial charge in [-0.15, -0.1) is 10.2 Å². The zero-order valence-corrected chi connectivity index (χ0v) is 13.6. The van der Waals surface area contributed by atoms with Crippen LogP contribution in [0.15, 0.2) is 48.5 Å². The van der Waals surface area contributed by atoms with Crippen molar-refractivity contribution < 1.29 is 9.66 Å². The van der Waals surface area contributed by atoms with E-state index < -0.39 is 4.92 Å². The zero-order valence-electron chi connectivity index (χ0n) is 12.8. The summed E-state index contributed by atoms with van der Waals surface area (Å²) in [6, 6.07) is 13.9. The lowest BCUT2D eigenvalue weighted by atomic mass is 10.2. The summed E-state index contributed by atoms with van der Waals surface area (Å²) in [5.41, 5.74) is 1.52. The lowest BCUT2D eigenvalue weighted by Crippen LogP contribution is -1.92. The van der Waals surface area contributed by atoms with Gasteiger partial charge in [-0.1, -0.05) is 29.5 Å². The molecule has 0 unspecified atom stereocenters. The van der Waals surface area contributed by atoms with Crippen molar-refractivity contribution in [3.63, 3.8) is 0 Å². The number of hydrogen-bond donors (Lipinski definition) is 1. The molecule has 0 atom stereocenters. The van der Waals surface area contributed by atoms with E-state index in [2.05, 4.69) is 15.5 Å². The van der Waals surface area contributed by atoms with Crippen molar-refractivity contribution in [2.75, 3.05) is 11.9 Å². The molecule has 0 saturated heterocycles. The number of nitro groups is 1. The van der Waals surface area contributed by atoms with Crippen molar-refractivity contribution in [1.82, 2.24) is 10.2 Å². The first kappa shape index (κ1) is 15.9. The number of ether oxygens (including phenoxy) is 1. The van der Waals surface area contributed by atoms with Gasteiger partial charge in [0.15, 0.2) is 0 Å². The largest absolute Gasteiger partial charge is 0.494 e. The predicted molar refractivity (Wildman–Crippen MR) is 92.9 cm³/mol. The highest BCUT2D eigenvalue weighted by atomic mass is 32.1. The van der Waals surface area contributed by atoms with Crippen LogP contribution in [0, 0.1) is 10.1 Å². The Morgan fingerprint density at radius 1 is 1.21 bits per heavy atom. The fourth-order valence-corrected chi connectivity index (χ4v) is 2.86. The minimum atomic E-state index is -0.435. The molecule has 3 rings (SSSR count). The summed E-state index contributed by atoms with van der Waals surface area (Å²) in [6.07, 6.45) is 0. The SMILES string of the molecule is CCOc1cccc(-c2nnc(Nc3cccc([N+](=O)[O-])c3)s2)c1. The summed E-state index contributed by atoms with van der Waals surface area (Å²) in [4.78, 5) is 10.4. The van der Waals surface area contributed by atoms with Crippen LogP contribution < -0.4 is 10.1 Å². The second-order valence-electron chi connectivity index (χ2n) is 4.81. The average Bonchev–Trinajstić information content (AvgIpc) is 3.04. The number of anilines is 2. The number of nitrogens with zero attached hydrogens (tertiary/aromatic N) is 3. The van der Waals surface area contributed by atoms with E-state index in [0.29, 0.717) is 17.4 Å². The summed E-state index contributed by atoms with van der Waals surface area (Å²) in [5.74, 6) is 0.776. The minimum absolute atomic E-state index is 0.0224. The van der Waals surface area contributed by atoms with Gasteiger partial charge in [0.05, 0.1) is 11.5 Å². The van der Waals surface area contributed by atoms with Crippen molar-refractivity contribution in [2.45, 2.75) is 6.92 Å². The van der Waals surface area contributed by atoms with E-state index in [1.165, 1.54) is 23.5 Å². The van der Waals surface area contributed by atoms with E-state index in [4.69, 9.17) is 4.74 Å². The quantitative estimate of drug-likeness (QED) is 0.532. The highest BCUT2D eigenvalue weighted by Crippen LogP contribution is 2.30. The fraction of sp³-hybridized carbons (Fsp3) is 0.125. The molecule has 122 valence electrons. The van der Waals surface area contributed by atoms with E-state index in [1.807, 2.05) is 31.2 Å². The monoisotopic (exact) mass is 342 g/mol. The first-order valence-corrected chi connectivity index (χ1v) is 8.05. The molecule has 1 N–H and O–H groups in total. The van der Waals surface area contributed by atoms with Crippen LogP contribution in [0.5, 0.6) is 5.75 Å². The van der Waals surface area contributed by atoms with Gasteiger partial charge >= 0.3 is 0 Å². The Labute approximate surface area is 142 Å². The van der Waals surface area contributed by atoms with Crippen molar-refractivity contribution in [1.29, 1.82) is 0 Å². The van der Waals surface area contributed by atoms with Gasteiger partial charge in [-0.2, -0.15) is 0 Å². The molecule has 0 aliphatic carbocycles. The Morgan fingerprint density at radius 2 is 2.04 bits per heavy atom. The molecule has 7 nitrogen and oxygen atoms in total. The van der Waals surface area contributed by atoms with Crippen LogP contribution in [0.4, 0.5) is 16.5 Å². The molecule has 0 amide bonds. The Hall–Kier alpha value is -3.00. The van der Waals surface area contributed by atoms with Crippen LogP contribution in [0.3, 0.4) is 0 Å².